The quantitative estimate of drug-likeness (QED) is 0.799. The van der Waals surface area contributed by atoms with Crippen LogP contribution < -0.4 is 11.1 Å². The fourth-order valence-corrected chi connectivity index (χ4v) is 2.12. The lowest BCUT2D eigenvalue weighted by molar-refractivity contribution is 0.0600. The third-order valence-electron chi connectivity index (χ3n) is 3.27. The number of nitrogens with one attached hydrogen (secondary N) is 1. The zero-order chi connectivity index (χ0) is 15.1. The monoisotopic (exact) mass is 284 g/mol. The van der Waals surface area contributed by atoms with Crippen LogP contribution in [0.3, 0.4) is 0 Å². The van der Waals surface area contributed by atoms with Crippen molar-refractivity contribution in [2.45, 2.75) is 12.6 Å². The van der Waals surface area contributed by atoms with Crippen molar-refractivity contribution in [3.63, 3.8) is 0 Å². The second-order valence-corrected chi connectivity index (χ2v) is 4.84. The van der Waals surface area contributed by atoms with Gasteiger partial charge in [-0.05, 0) is 23.3 Å². The predicted molar refractivity (Wildman–Crippen MR) is 82.9 cm³/mol. The van der Waals surface area contributed by atoms with Crippen LogP contribution in [-0.2, 0) is 11.3 Å². The molecule has 0 aliphatic carbocycles. The van der Waals surface area contributed by atoms with Crippen LogP contribution in [0.4, 0.5) is 0 Å². The molecule has 3 N–H and O–H groups in total. The van der Waals surface area contributed by atoms with E-state index < -0.39 is 0 Å². The van der Waals surface area contributed by atoms with Crippen LogP contribution in [0.15, 0.2) is 54.6 Å². The van der Waals surface area contributed by atoms with Crippen molar-refractivity contribution < 1.29 is 9.53 Å². The topological polar surface area (TPSA) is 64.3 Å². The predicted octanol–water partition coefficient (Wildman–Crippen LogP) is 2.26. The van der Waals surface area contributed by atoms with E-state index in [2.05, 4.69) is 5.32 Å². The number of rotatable bonds is 6. The average molecular weight is 284 g/mol. The van der Waals surface area contributed by atoms with E-state index >= 15 is 0 Å². The summed E-state index contributed by atoms with van der Waals surface area (Å²) in [6.07, 6.45) is 0. The third kappa shape index (κ3) is 4.41. The van der Waals surface area contributed by atoms with Crippen molar-refractivity contribution in [1.29, 1.82) is 0 Å². The SMILES string of the molecule is COC(=O)c1cccc(CNCC(N)c2ccccc2)c1. The van der Waals surface area contributed by atoms with Crippen molar-refractivity contribution in [2.75, 3.05) is 13.7 Å². The van der Waals surface area contributed by atoms with Gasteiger partial charge in [-0.2, -0.15) is 0 Å². The van der Waals surface area contributed by atoms with E-state index in [1.54, 1.807) is 6.07 Å². The molecule has 0 saturated carbocycles. The summed E-state index contributed by atoms with van der Waals surface area (Å²) in [7, 11) is 1.38. The number of nitrogens with two attached hydrogens (primary N) is 1. The molecule has 0 fully saturated rings. The average Bonchev–Trinajstić information content (AvgIpc) is 2.55. The third-order valence-corrected chi connectivity index (χ3v) is 3.27. The highest BCUT2D eigenvalue weighted by molar-refractivity contribution is 5.89. The number of esters is 1. The van der Waals surface area contributed by atoms with Gasteiger partial charge in [0.15, 0.2) is 0 Å². The molecule has 2 rings (SSSR count). The Hall–Kier alpha value is -2.17. The molecule has 110 valence electrons. The van der Waals surface area contributed by atoms with Crippen LogP contribution in [0.5, 0.6) is 0 Å². The van der Waals surface area contributed by atoms with Gasteiger partial charge in [-0.15, -0.1) is 0 Å². The Kier molecular flexibility index (Phi) is 5.49. The summed E-state index contributed by atoms with van der Waals surface area (Å²) in [5.41, 5.74) is 8.81. The molecule has 2 aromatic rings. The van der Waals surface area contributed by atoms with Gasteiger partial charge < -0.3 is 15.8 Å². The zero-order valence-electron chi connectivity index (χ0n) is 12.1. The molecule has 0 spiro atoms. The molecule has 0 heterocycles. The summed E-state index contributed by atoms with van der Waals surface area (Å²) in [5.74, 6) is -0.321. The summed E-state index contributed by atoms with van der Waals surface area (Å²) < 4.78 is 4.71. The normalized spacial score (nSPS) is 11.9. The van der Waals surface area contributed by atoms with E-state index in [4.69, 9.17) is 10.5 Å². The number of methoxy groups -OCH3 is 1. The largest absolute Gasteiger partial charge is 0.465 e. The highest BCUT2D eigenvalue weighted by atomic mass is 16.5. The first-order valence-corrected chi connectivity index (χ1v) is 6.89. The Morgan fingerprint density at radius 2 is 1.95 bits per heavy atom. The summed E-state index contributed by atoms with van der Waals surface area (Å²) in [5, 5.41) is 3.31. The first kappa shape index (κ1) is 15.2. The van der Waals surface area contributed by atoms with Gasteiger partial charge in [0.05, 0.1) is 12.7 Å². The van der Waals surface area contributed by atoms with Crippen LogP contribution in [0.1, 0.15) is 27.5 Å². The van der Waals surface area contributed by atoms with E-state index in [1.807, 2.05) is 48.5 Å². The van der Waals surface area contributed by atoms with Gasteiger partial charge in [0.25, 0.3) is 0 Å². The Bertz CT molecular complexity index is 584. The Morgan fingerprint density at radius 3 is 2.67 bits per heavy atom. The molecule has 2 aromatic carbocycles. The van der Waals surface area contributed by atoms with Crippen molar-refractivity contribution in [3.8, 4) is 0 Å². The maximum Gasteiger partial charge on any atom is 0.337 e. The molecule has 0 radical (unpaired) electrons. The molecular weight excluding hydrogens is 264 g/mol. The fourth-order valence-electron chi connectivity index (χ4n) is 2.12. The zero-order valence-corrected chi connectivity index (χ0v) is 12.1. The van der Waals surface area contributed by atoms with E-state index in [-0.39, 0.29) is 12.0 Å². The number of benzene rings is 2. The highest BCUT2D eigenvalue weighted by Gasteiger charge is 2.07. The standard InChI is InChI=1S/C17H20N2O2/c1-21-17(20)15-9-5-6-13(10-15)11-19-12-16(18)14-7-3-2-4-8-14/h2-10,16,19H,11-12,18H2,1H3. The molecule has 0 bridgehead atoms. The molecule has 0 aliphatic rings. The number of hydrogen-bond donors (Lipinski definition) is 2. The summed E-state index contributed by atoms with van der Waals surface area (Å²) in [6, 6.07) is 17.3. The molecule has 4 nitrogen and oxygen atoms in total. The fraction of sp³-hybridized carbons (Fsp3) is 0.235. The molecule has 1 atom stereocenters. The molecule has 0 aromatic heterocycles. The molecule has 0 aliphatic heterocycles. The smallest absolute Gasteiger partial charge is 0.337 e. The van der Waals surface area contributed by atoms with Gasteiger partial charge in [0, 0.05) is 19.1 Å². The number of carbonyl (C=O) groups excluding carboxylic acids is 1. The lowest BCUT2D eigenvalue weighted by Gasteiger charge is -2.13. The second kappa shape index (κ2) is 7.57. The minimum atomic E-state index is -0.321. The van der Waals surface area contributed by atoms with Crippen LogP contribution in [0, 0.1) is 0 Å². The van der Waals surface area contributed by atoms with E-state index in [1.165, 1.54) is 7.11 Å². The van der Waals surface area contributed by atoms with Crippen molar-refractivity contribution in [2.24, 2.45) is 5.73 Å². The lowest BCUT2D eigenvalue weighted by atomic mass is 10.1. The van der Waals surface area contributed by atoms with E-state index in [0.29, 0.717) is 18.7 Å². The number of carbonyl (C=O) groups is 1. The highest BCUT2D eigenvalue weighted by Crippen LogP contribution is 2.09. The molecule has 0 amide bonds. The summed E-state index contributed by atoms with van der Waals surface area (Å²) >= 11 is 0. The van der Waals surface area contributed by atoms with Crippen LogP contribution in [0.2, 0.25) is 0 Å². The summed E-state index contributed by atoms with van der Waals surface area (Å²) in [6.45, 7) is 1.33. The van der Waals surface area contributed by atoms with Crippen LogP contribution in [-0.4, -0.2) is 19.6 Å². The molecule has 1 unspecified atom stereocenters. The number of hydrogen-bond acceptors (Lipinski definition) is 4. The second-order valence-electron chi connectivity index (χ2n) is 4.84. The van der Waals surface area contributed by atoms with Crippen LogP contribution >= 0.6 is 0 Å². The van der Waals surface area contributed by atoms with E-state index in [9.17, 15) is 4.79 Å². The number of ether oxygens (including phenoxy) is 1. The minimum Gasteiger partial charge on any atom is -0.465 e. The van der Waals surface area contributed by atoms with Gasteiger partial charge in [0.1, 0.15) is 0 Å². The van der Waals surface area contributed by atoms with Gasteiger partial charge in [-0.1, -0.05) is 42.5 Å². The van der Waals surface area contributed by atoms with Gasteiger partial charge in [-0.25, -0.2) is 4.79 Å². The van der Waals surface area contributed by atoms with E-state index in [0.717, 1.165) is 11.1 Å². The van der Waals surface area contributed by atoms with Gasteiger partial charge in [-0.3, -0.25) is 0 Å². The maximum atomic E-state index is 11.5. The first-order chi connectivity index (χ1) is 10.2. The van der Waals surface area contributed by atoms with Crippen molar-refractivity contribution in [3.05, 3.63) is 71.3 Å². The molecule has 21 heavy (non-hydrogen) atoms. The van der Waals surface area contributed by atoms with Crippen molar-refractivity contribution in [1.82, 2.24) is 5.32 Å². The molecule has 0 saturated heterocycles. The maximum absolute atomic E-state index is 11.5. The molecule has 4 heteroatoms. The summed E-state index contributed by atoms with van der Waals surface area (Å²) in [4.78, 5) is 11.5. The Balaban J connectivity index is 1.87. The Labute approximate surface area is 124 Å². The van der Waals surface area contributed by atoms with Gasteiger partial charge in [0.2, 0.25) is 0 Å². The lowest BCUT2D eigenvalue weighted by Crippen LogP contribution is -2.26. The van der Waals surface area contributed by atoms with Gasteiger partial charge >= 0.3 is 5.97 Å². The minimum absolute atomic E-state index is 0.0463. The first-order valence-electron chi connectivity index (χ1n) is 6.89. The molecular formula is C17H20N2O2. The van der Waals surface area contributed by atoms with Crippen LogP contribution in [0.25, 0.3) is 0 Å². The van der Waals surface area contributed by atoms with Crippen molar-refractivity contribution >= 4 is 5.97 Å². The Morgan fingerprint density at radius 1 is 1.19 bits per heavy atom.